The number of rotatable bonds is 9. The third-order valence-corrected chi connectivity index (χ3v) is 2.57. The first-order valence-electron chi connectivity index (χ1n) is 6.28. The van der Waals surface area contributed by atoms with Gasteiger partial charge in [-0.15, -0.1) is 0 Å². The first-order chi connectivity index (χ1) is 8.38. The fraction of sp³-hybridized carbons (Fsp3) is 0.571. The molecule has 0 radical (unpaired) electrons. The van der Waals surface area contributed by atoms with Crippen molar-refractivity contribution >= 4 is 0 Å². The van der Waals surface area contributed by atoms with Gasteiger partial charge in [-0.2, -0.15) is 0 Å². The van der Waals surface area contributed by atoms with E-state index in [0.717, 1.165) is 31.7 Å². The predicted molar refractivity (Wildman–Crippen MR) is 70.7 cm³/mol. The van der Waals surface area contributed by atoms with Crippen LogP contribution in [0, 0.1) is 0 Å². The van der Waals surface area contributed by atoms with Crippen LogP contribution in [0.25, 0.3) is 0 Å². The van der Waals surface area contributed by atoms with Crippen LogP contribution < -0.4 is 10.1 Å². The Labute approximate surface area is 104 Å². The van der Waals surface area contributed by atoms with Gasteiger partial charge in [-0.3, -0.25) is 0 Å². The highest BCUT2D eigenvalue weighted by atomic mass is 16.5. The lowest BCUT2D eigenvalue weighted by Gasteiger charge is -2.11. The maximum atomic E-state index is 5.69. The SMILES string of the molecule is CCNCCCc1ccccc1OCCOC. The highest BCUT2D eigenvalue weighted by Crippen LogP contribution is 2.19. The van der Waals surface area contributed by atoms with Crippen molar-refractivity contribution in [3.05, 3.63) is 29.8 Å². The fourth-order valence-corrected chi connectivity index (χ4v) is 1.67. The molecule has 1 N–H and O–H groups in total. The zero-order valence-corrected chi connectivity index (χ0v) is 10.9. The molecule has 17 heavy (non-hydrogen) atoms. The van der Waals surface area contributed by atoms with Crippen LogP contribution in [0.5, 0.6) is 5.75 Å². The molecule has 0 unspecified atom stereocenters. The van der Waals surface area contributed by atoms with Crippen molar-refractivity contribution in [1.29, 1.82) is 0 Å². The van der Waals surface area contributed by atoms with Gasteiger partial charge < -0.3 is 14.8 Å². The number of aryl methyl sites for hydroxylation is 1. The minimum absolute atomic E-state index is 0.612. The third kappa shape index (κ3) is 5.71. The molecule has 0 atom stereocenters. The van der Waals surface area contributed by atoms with Gasteiger partial charge in [-0.1, -0.05) is 25.1 Å². The monoisotopic (exact) mass is 237 g/mol. The van der Waals surface area contributed by atoms with Crippen molar-refractivity contribution in [1.82, 2.24) is 5.32 Å². The molecule has 3 nitrogen and oxygen atoms in total. The van der Waals surface area contributed by atoms with Crippen LogP contribution in [0.2, 0.25) is 0 Å². The van der Waals surface area contributed by atoms with Gasteiger partial charge in [0, 0.05) is 7.11 Å². The molecule has 0 saturated heterocycles. The van der Waals surface area contributed by atoms with Crippen LogP contribution in [-0.2, 0) is 11.2 Å². The second-order valence-corrected chi connectivity index (χ2v) is 3.91. The highest BCUT2D eigenvalue weighted by molar-refractivity contribution is 5.33. The minimum Gasteiger partial charge on any atom is -0.491 e. The smallest absolute Gasteiger partial charge is 0.122 e. The van der Waals surface area contributed by atoms with Gasteiger partial charge in [0.1, 0.15) is 12.4 Å². The van der Waals surface area contributed by atoms with Gasteiger partial charge in [0.25, 0.3) is 0 Å². The molecule has 1 aromatic rings. The van der Waals surface area contributed by atoms with Crippen LogP contribution in [0.3, 0.4) is 0 Å². The average Bonchev–Trinajstić information content (AvgIpc) is 2.36. The number of methoxy groups -OCH3 is 1. The number of nitrogens with one attached hydrogen (secondary N) is 1. The van der Waals surface area contributed by atoms with E-state index in [4.69, 9.17) is 9.47 Å². The summed E-state index contributed by atoms with van der Waals surface area (Å²) in [5, 5.41) is 3.33. The first kappa shape index (κ1) is 14.0. The topological polar surface area (TPSA) is 30.5 Å². The molecule has 96 valence electrons. The van der Waals surface area contributed by atoms with Crippen LogP contribution in [0.4, 0.5) is 0 Å². The summed E-state index contributed by atoms with van der Waals surface area (Å²) >= 11 is 0. The van der Waals surface area contributed by atoms with Gasteiger partial charge in [0.15, 0.2) is 0 Å². The van der Waals surface area contributed by atoms with E-state index in [9.17, 15) is 0 Å². The molecule has 0 aliphatic carbocycles. The lowest BCUT2D eigenvalue weighted by atomic mass is 10.1. The Kier molecular flexibility index (Phi) is 7.43. The molecular formula is C14H23NO2. The van der Waals surface area contributed by atoms with E-state index >= 15 is 0 Å². The molecule has 0 heterocycles. The Morgan fingerprint density at radius 3 is 2.76 bits per heavy atom. The summed E-state index contributed by atoms with van der Waals surface area (Å²) in [5.74, 6) is 0.987. The van der Waals surface area contributed by atoms with E-state index in [2.05, 4.69) is 24.4 Å². The average molecular weight is 237 g/mol. The number of hydrogen-bond donors (Lipinski definition) is 1. The standard InChI is InChI=1S/C14H23NO2/c1-3-15-10-6-8-13-7-4-5-9-14(13)17-12-11-16-2/h4-5,7,9,15H,3,6,8,10-12H2,1-2H3. The fourth-order valence-electron chi connectivity index (χ4n) is 1.67. The minimum atomic E-state index is 0.612. The second-order valence-electron chi connectivity index (χ2n) is 3.91. The summed E-state index contributed by atoms with van der Waals surface area (Å²) in [6.45, 7) is 5.46. The van der Waals surface area contributed by atoms with Gasteiger partial charge in [0.05, 0.1) is 6.61 Å². The Morgan fingerprint density at radius 2 is 2.00 bits per heavy atom. The molecule has 0 spiro atoms. The molecule has 1 aromatic carbocycles. The highest BCUT2D eigenvalue weighted by Gasteiger charge is 2.02. The molecule has 3 heteroatoms. The Hall–Kier alpha value is -1.06. The first-order valence-corrected chi connectivity index (χ1v) is 6.28. The Morgan fingerprint density at radius 1 is 1.18 bits per heavy atom. The predicted octanol–water partition coefficient (Wildman–Crippen LogP) is 2.25. The summed E-state index contributed by atoms with van der Waals surface area (Å²) in [4.78, 5) is 0. The maximum absolute atomic E-state index is 5.69. The van der Waals surface area contributed by atoms with Crippen molar-refractivity contribution in [2.24, 2.45) is 0 Å². The van der Waals surface area contributed by atoms with Crippen LogP contribution in [-0.4, -0.2) is 33.4 Å². The van der Waals surface area contributed by atoms with Crippen molar-refractivity contribution in [2.75, 3.05) is 33.4 Å². The van der Waals surface area contributed by atoms with E-state index in [1.54, 1.807) is 7.11 Å². The van der Waals surface area contributed by atoms with Crippen LogP contribution >= 0.6 is 0 Å². The molecular weight excluding hydrogens is 214 g/mol. The summed E-state index contributed by atoms with van der Waals surface area (Å²) in [6.07, 6.45) is 2.19. The summed E-state index contributed by atoms with van der Waals surface area (Å²) < 4.78 is 10.7. The van der Waals surface area contributed by atoms with Crippen molar-refractivity contribution in [3.8, 4) is 5.75 Å². The number of para-hydroxylation sites is 1. The molecule has 0 aliphatic rings. The molecule has 0 fully saturated rings. The van der Waals surface area contributed by atoms with Crippen molar-refractivity contribution < 1.29 is 9.47 Å². The van der Waals surface area contributed by atoms with E-state index < -0.39 is 0 Å². The Bertz CT molecular complexity index is 302. The normalized spacial score (nSPS) is 10.5. The lowest BCUT2D eigenvalue weighted by molar-refractivity contribution is 0.145. The number of hydrogen-bond acceptors (Lipinski definition) is 3. The second kappa shape index (κ2) is 9.02. The molecule has 0 saturated carbocycles. The quantitative estimate of drug-likeness (QED) is 0.668. The maximum Gasteiger partial charge on any atom is 0.122 e. The van der Waals surface area contributed by atoms with E-state index in [1.807, 2.05) is 12.1 Å². The molecule has 1 rings (SSSR count). The van der Waals surface area contributed by atoms with E-state index in [0.29, 0.717) is 13.2 Å². The molecule has 0 aromatic heterocycles. The Balaban J connectivity index is 2.40. The van der Waals surface area contributed by atoms with E-state index in [-0.39, 0.29) is 0 Å². The lowest BCUT2D eigenvalue weighted by Crippen LogP contribution is -2.14. The summed E-state index contributed by atoms with van der Waals surface area (Å²) in [7, 11) is 1.69. The number of ether oxygens (including phenoxy) is 2. The van der Waals surface area contributed by atoms with Crippen LogP contribution in [0.15, 0.2) is 24.3 Å². The number of benzene rings is 1. The van der Waals surface area contributed by atoms with Gasteiger partial charge in [-0.25, -0.2) is 0 Å². The molecule has 0 aliphatic heterocycles. The largest absolute Gasteiger partial charge is 0.491 e. The van der Waals surface area contributed by atoms with Crippen LogP contribution in [0.1, 0.15) is 18.9 Å². The van der Waals surface area contributed by atoms with E-state index in [1.165, 1.54) is 5.56 Å². The zero-order chi connectivity index (χ0) is 12.3. The van der Waals surface area contributed by atoms with Gasteiger partial charge in [-0.05, 0) is 37.6 Å². The third-order valence-electron chi connectivity index (χ3n) is 2.57. The van der Waals surface area contributed by atoms with Gasteiger partial charge in [0.2, 0.25) is 0 Å². The summed E-state index contributed by atoms with van der Waals surface area (Å²) in [6, 6.07) is 8.23. The zero-order valence-electron chi connectivity index (χ0n) is 10.9. The molecule has 0 amide bonds. The van der Waals surface area contributed by atoms with Crippen molar-refractivity contribution in [2.45, 2.75) is 19.8 Å². The molecule has 0 bridgehead atoms. The summed E-state index contributed by atoms with van der Waals surface area (Å²) in [5.41, 5.74) is 1.28. The van der Waals surface area contributed by atoms with Crippen molar-refractivity contribution in [3.63, 3.8) is 0 Å². The van der Waals surface area contributed by atoms with Gasteiger partial charge >= 0.3 is 0 Å².